The molecule has 1 heteroatoms. The molecule has 98 valence electrons. The van der Waals surface area contributed by atoms with E-state index in [1.54, 1.807) is 0 Å². The second kappa shape index (κ2) is 11.7. The highest BCUT2D eigenvalue weighted by molar-refractivity contribution is 5.30. The van der Waals surface area contributed by atoms with Crippen LogP contribution in [-0.4, -0.2) is 0 Å². The van der Waals surface area contributed by atoms with E-state index in [1.807, 2.05) is 74.5 Å². The second-order valence-corrected chi connectivity index (χ2v) is 3.44. The van der Waals surface area contributed by atoms with Crippen molar-refractivity contribution in [1.82, 2.24) is 0 Å². The average molecular weight is 244 g/mol. The van der Waals surface area contributed by atoms with Gasteiger partial charge in [0.25, 0.3) is 0 Å². The molecule has 0 atom stereocenters. The van der Waals surface area contributed by atoms with Crippen molar-refractivity contribution in [3.05, 3.63) is 60.7 Å². The van der Waals surface area contributed by atoms with Crippen LogP contribution in [-0.2, 0) is 0 Å². The number of benzene rings is 2. The van der Waals surface area contributed by atoms with Crippen LogP contribution in [0.25, 0.3) is 0 Å². The van der Waals surface area contributed by atoms with Gasteiger partial charge >= 0.3 is 0 Å². The van der Waals surface area contributed by atoms with Crippen molar-refractivity contribution in [2.45, 2.75) is 34.1 Å². The summed E-state index contributed by atoms with van der Waals surface area (Å²) < 4.78 is 5.58. The maximum absolute atomic E-state index is 5.58. The van der Waals surface area contributed by atoms with Gasteiger partial charge in [-0.2, -0.15) is 0 Å². The molecule has 1 nitrogen and oxygen atoms in total. The molecule has 0 fully saturated rings. The molecule has 2 rings (SSSR count). The van der Waals surface area contributed by atoms with Gasteiger partial charge in [-0.05, 0) is 24.3 Å². The van der Waals surface area contributed by atoms with Crippen molar-refractivity contribution in [3.63, 3.8) is 0 Å². The Morgan fingerprint density at radius 3 is 1.22 bits per heavy atom. The van der Waals surface area contributed by atoms with Gasteiger partial charge in [-0.15, -0.1) is 0 Å². The maximum atomic E-state index is 5.58. The van der Waals surface area contributed by atoms with Crippen molar-refractivity contribution >= 4 is 0 Å². The molecule has 18 heavy (non-hydrogen) atoms. The quantitative estimate of drug-likeness (QED) is 0.637. The molecule has 0 radical (unpaired) electrons. The van der Waals surface area contributed by atoms with Gasteiger partial charge in [0.15, 0.2) is 0 Å². The number of ether oxygens (including phenoxy) is 1. The number of rotatable bonds is 2. The zero-order valence-corrected chi connectivity index (χ0v) is 11.9. The van der Waals surface area contributed by atoms with E-state index in [-0.39, 0.29) is 0 Å². The third-order valence-corrected chi connectivity index (χ3v) is 1.72. The Labute approximate surface area is 111 Å². The topological polar surface area (TPSA) is 9.23 Å². The Morgan fingerprint density at radius 2 is 0.944 bits per heavy atom. The highest BCUT2D eigenvalue weighted by Crippen LogP contribution is 2.19. The van der Waals surface area contributed by atoms with Crippen LogP contribution in [0.5, 0.6) is 11.5 Å². The lowest BCUT2D eigenvalue weighted by Gasteiger charge is -2.03. The summed E-state index contributed by atoms with van der Waals surface area (Å²) in [6.07, 6.45) is 1.25. The molecule has 0 N–H and O–H groups in total. The largest absolute Gasteiger partial charge is 0.457 e. The molecule has 0 aliphatic rings. The van der Waals surface area contributed by atoms with Crippen LogP contribution in [0.1, 0.15) is 34.1 Å². The first kappa shape index (κ1) is 16.2. The first-order chi connectivity index (χ1) is 8.86. The van der Waals surface area contributed by atoms with E-state index < -0.39 is 0 Å². The minimum atomic E-state index is 0.869. The average Bonchev–Trinajstić information content (AvgIpc) is 2.44. The molecule has 2 aromatic rings. The van der Waals surface area contributed by atoms with Gasteiger partial charge in [0.05, 0.1) is 0 Å². The molecule has 2 aromatic carbocycles. The SMILES string of the molecule is CC.CCC.c1ccc(Oc2ccccc2)cc1. The summed E-state index contributed by atoms with van der Waals surface area (Å²) in [5, 5.41) is 0. The zero-order valence-electron chi connectivity index (χ0n) is 11.9. The van der Waals surface area contributed by atoms with E-state index in [9.17, 15) is 0 Å². The predicted molar refractivity (Wildman–Crippen MR) is 80.3 cm³/mol. The summed E-state index contributed by atoms with van der Waals surface area (Å²) >= 11 is 0. The third kappa shape index (κ3) is 7.50. The lowest BCUT2D eigenvalue weighted by atomic mass is 10.3. The Kier molecular flexibility index (Phi) is 10.6. The normalized spacial score (nSPS) is 8.22. The summed E-state index contributed by atoms with van der Waals surface area (Å²) in [6.45, 7) is 8.25. The summed E-state index contributed by atoms with van der Waals surface area (Å²) in [4.78, 5) is 0. The van der Waals surface area contributed by atoms with E-state index in [0.717, 1.165) is 11.5 Å². The first-order valence-corrected chi connectivity index (χ1v) is 6.64. The molecule has 0 aliphatic carbocycles. The van der Waals surface area contributed by atoms with Gasteiger partial charge in [0.1, 0.15) is 11.5 Å². The van der Waals surface area contributed by atoms with Crippen LogP contribution >= 0.6 is 0 Å². The first-order valence-electron chi connectivity index (χ1n) is 6.64. The molecule has 0 amide bonds. The van der Waals surface area contributed by atoms with E-state index in [0.29, 0.717) is 0 Å². The summed E-state index contributed by atoms with van der Waals surface area (Å²) in [5.41, 5.74) is 0. The summed E-state index contributed by atoms with van der Waals surface area (Å²) in [6, 6.07) is 19.5. The minimum Gasteiger partial charge on any atom is -0.457 e. The molecule has 0 saturated carbocycles. The van der Waals surface area contributed by atoms with Crippen molar-refractivity contribution in [2.75, 3.05) is 0 Å². The molecule has 0 heterocycles. The minimum absolute atomic E-state index is 0.869. The Hall–Kier alpha value is -1.76. The van der Waals surface area contributed by atoms with E-state index >= 15 is 0 Å². The van der Waals surface area contributed by atoms with Crippen molar-refractivity contribution < 1.29 is 4.74 Å². The smallest absolute Gasteiger partial charge is 0.127 e. The Morgan fingerprint density at radius 1 is 0.667 bits per heavy atom. The van der Waals surface area contributed by atoms with Crippen LogP contribution in [0.15, 0.2) is 60.7 Å². The number of para-hydroxylation sites is 2. The van der Waals surface area contributed by atoms with Crippen LogP contribution in [0.3, 0.4) is 0 Å². The van der Waals surface area contributed by atoms with Gasteiger partial charge in [-0.1, -0.05) is 70.5 Å². The maximum Gasteiger partial charge on any atom is 0.127 e. The van der Waals surface area contributed by atoms with Crippen molar-refractivity contribution in [1.29, 1.82) is 0 Å². The number of hydrogen-bond acceptors (Lipinski definition) is 1. The highest BCUT2D eigenvalue weighted by Gasteiger charge is 1.92. The third-order valence-electron chi connectivity index (χ3n) is 1.72. The van der Waals surface area contributed by atoms with E-state index in [4.69, 9.17) is 4.74 Å². The van der Waals surface area contributed by atoms with Gasteiger partial charge in [0, 0.05) is 0 Å². The monoisotopic (exact) mass is 244 g/mol. The van der Waals surface area contributed by atoms with E-state index in [1.165, 1.54) is 6.42 Å². The van der Waals surface area contributed by atoms with Crippen LogP contribution in [0.4, 0.5) is 0 Å². The van der Waals surface area contributed by atoms with Crippen LogP contribution < -0.4 is 4.74 Å². The van der Waals surface area contributed by atoms with Gasteiger partial charge < -0.3 is 4.74 Å². The second-order valence-electron chi connectivity index (χ2n) is 3.44. The van der Waals surface area contributed by atoms with Gasteiger partial charge in [-0.3, -0.25) is 0 Å². The Bertz CT molecular complexity index is 330. The Balaban J connectivity index is 0.000000509. The lowest BCUT2D eigenvalue weighted by Crippen LogP contribution is -1.81. The molecular formula is C17H24O. The van der Waals surface area contributed by atoms with Crippen LogP contribution in [0.2, 0.25) is 0 Å². The van der Waals surface area contributed by atoms with Crippen molar-refractivity contribution in [3.8, 4) is 11.5 Å². The molecule has 0 unspecified atom stereocenters. The fraction of sp³-hybridized carbons (Fsp3) is 0.294. The fourth-order valence-electron chi connectivity index (χ4n) is 1.11. The van der Waals surface area contributed by atoms with Crippen molar-refractivity contribution in [2.24, 2.45) is 0 Å². The lowest BCUT2D eigenvalue weighted by molar-refractivity contribution is 0.482. The van der Waals surface area contributed by atoms with Crippen LogP contribution in [0, 0.1) is 0 Å². The molecule has 0 spiro atoms. The predicted octanol–water partition coefficient (Wildman–Crippen LogP) is 5.92. The summed E-state index contributed by atoms with van der Waals surface area (Å²) in [7, 11) is 0. The fourth-order valence-corrected chi connectivity index (χ4v) is 1.11. The molecular weight excluding hydrogens is 220 g/mol. The summed E-state index contributed by atoms with van der Waals surface area (Å²) in [5.74, 6) is 1.74. The van der Waals surface area contributed by atoms with Gasteiger partial charge in [0.2, 0.25) is 0 Å². The standard InChI is InChI=1S/C12H10O.C3H8.C2H6/c1-3-7-11(8-4-1)13-12-9-5-2-6-10-12;1-3-2;1-2/h1-10H;3H2,1-2H3;1-2H3. The molecule has 0 aliphatic heterocycles. The van der Waals surface area contributed by atoms with E-state index in [2.05, 4.69) is 13.8 Å². The highest BCUT2D eigenvalue weighted by atomic mass is 16.5. The van der Waals surface area contributed by atoms with Gasteiger partial charge in [-0.25, -0.2) is 0 Å². The molecule has 0 bridgehead atoms. The molecule has 0 aromatic heterocycles. The number of hydrogen-bond donors (Lipinski definition) is 0. The molecule has 0 saturated heterocycles. The zero-order chi connectivity index (χ0) is 13.6.